The number of carbonyl (C=O) groups excluding carboxylic acids is 1. The highest BCUT2D eigenvalue weighted by atomic mass is 16.5. The van der Waals surface area contributed by atoms with Crippen LogP contribution >= 0.6 is 0 Å². The third-order valence-electron chi connectivity index (χ3n) is 2.41. The Morgan fingerprint density at radius 1 is 1.71 bits per heavy atom. The van der Waals surface area contributed by atoms with E-state index in [9.17, 15) is 4.79 Å². The summed E-state index contributed by atoms with van der Waals surface area (Å²) in [5, 5.41) is 2.93. The van der Waals surface area contributed by atoms with Crippen molar-refractivity contribution in [2.75, 3.05) is 13.7 Å². The second kappa shape index (κ2) is 5.78. The van der Waals surface area contributed by atoms with Gasteiger partial charge in [-0.15, -0.1) is 0 Å². The molecule has 0 saturated carbocycles. The van der Waals surface area contributed by atoms with Crippen molar-refractivity contribution in [3.63, 3.8) is 0 Å². The van der Waals surface area contributed by atoms with Crippen molar-refractivity contribution in [1.82, 2.24) is 5.32 Å². The van der Waals surface area contributed by atoms with Gasteiger partial charge in [0.2, 0.25) is 0 Å². The van der Waals surface area contributed by atoms with Gasteiger partial charge in [-0.3, -0.25) is 4.79 Å². The van der Waals surface area contributed by atoms with Gasteiger partial charge in [0.1, 0.15) is 6.10 Å². The predicted octanol–water partition coefficient (Wildman–Crippen LogP) is 0.185. The largest absolute Gasteiger partial charge is 0.370 e. The van der Waals surface area contributed by atoms with Crippen molar-refractivity contribution in [2.24, 2.45) is 5.73 Å². The van der Waals surface area contributed by atoms with Gasteiger partial charge in [-0.05, 0) is 19.3 Å². The monoisotopic (exact) mass is 198 g/mol. The average molecular weight is 198 g/mol. The van der Waals surface area contributed by atoms with E-state index in [1.165, 1.54) is 7.11 Å². The molecule has 1 amide bonds. The fourth-order valence-electron chi connectivity index (χ4n) is 1.53. The Bertz CT molecular complexity index is 212. The number of amides is 1. The number of methoxy groups -OCH3 is 1. The molecule has 0 aliphatic heterocycles. The third kappa shape index (κ3) is 3.12. The van der Waals surface area contributed by atoms with Gasteiger partial charge in [-0.1, -0.05) is 12.2 Å². The maximum absolute atomic E-state index is 11.5. The molecule has 0 heterocycles. The van der Waals surface area contributed by atoms with E-state index in [2.05, 4.69) is 17.5 Å². The van der Waals surface area contributed by atoms with E-state index in [0.29, 0.717) is 0 Å². The highest BCUT2D eigenvalue weighted by Crippen LogP contribution is 2.10. The van der Waals surface area contributed by atoms with Crippen molar-refractivity contribution in [1.29, 1.82) is 0 Å². The van der Waals surface area contributed by atoms with E-state index in [1.54, 1.807) is 0 Å². The first kappa shape index (κ1) is 11.2. The molecule has 0 fully saturated rings. The lowest BCUT2D eigenvalue weighted by Gasteiger charge is -2.21. The summed E-state index contributed by atoms with van der Waals surface area (Å²) >= 11 is 0. The fraction of sp³-hybridized carbons (Fsp3) is 0.700. The van der Waals surface area contributed by atoms with Crippen molar-refractivity contribution in [3.05, 3.63) is 12.2 Å². The molecular formula is C10H18N2O2. The summed E-state index contributed by atoms with van der Waals surface area (Å²) < 4.78 is 4.95. The number of hydrogen-bond acceptors (Lipinski definition) is 3. The maximum atomic E-state index is 11.5. The molecule has 14 heavy (non-hydrogen) atoms. The molecule has 0 spiro atoms. The summed E-state index contributed by atoms with van der Waals surface area (Å²) in [6, 6.07) is 0.247. The molecule has 3 N–H and O–H groups in total. The second-order valence-electron chi connectivity index (χ2n) is 3.45. The Hall–Kier alpha value is -0.870. The van der Waals surface area contributed by atoms with Gasteiger partial charge in [0.15, 0.2) is 0 Å². The normalized spacial score (nSPS) is 23.1. The minimum Gasteiger partial charge on any atom is -0.370 e. The molecule has 0 aromatic carbocycles. The zero-order valence-electron chi connectivity index (χ0n) is 8.53. The molecular weight excluding hydrogens is 180 g/mol. The minimum absolute atomic E-state index is 0.102. The number of nitrogens with one attached hydrogen (secondary N) is 1. The van der Waals surface area contributed by atoms with Crippen LogP contribution in [-0.4, -0.2) is 31.7 Å². The van der Waals surface area contributed by atoms with Crippen LogP contribution < -0.4 is 11.1 Å². The summed E-state index contributed by atoms with van der Waals surface area (Å²) in [7, 11) is 1.50. The van der Waals surface area contributed by atoms with Crippen LogP contribution in [0.2, 0.25) is 0 Å². The molecule has 0 radical (unpaired) electrons. The van der Waals surface area contributed by atoms with Crippen molar-refractivity contribution in [2.45, 2.75) is 31.4 Å². The van der Waals surface area contributed by atoms with Crippen LogP contribution in [0.5, 0.6) is 0 Å². The van der Waals surface area contributed by atoms with Gasteiger partial charge < -0.3 is 15.8 Å². The molecule has 0 aromatic heterocycles. The molecule has 4 nitrogen and oxygen atoms in total. The summed E-state index contributed by atoms with van der Waals surface area (Å²) in [5.41, 5.74) is 5.39. The van der Waals surface area contributed by atoms with E-state index < -0.39 is 6.10 Å². The Balaban J connectivity index is 2.35. The number of carbonyl (C=O) groups is 1. The summed E-state index contributed by atoms with van der Waals surface area (Å²) in [4.78, 5) is 11.5. The Morgan fingerprint density at radius 3 is 3.00 bits per heavy atom. The Morgan fingerprint density at radius 2 is 2.50 bits per heavy atom. The molecule has 1 aliphatic rings. The van der Waals surface area contributed by atoms with Crippen LogP contribution in [0.25, 0.3) is 0 Å². The van der Waals surface area contributed by atoms with E-state index in [4.69, 9.17) is 10.5 Å². The zero-order valence-corrected chi connectivity index (χ0v) is 8.53. The van der Waals surface area contributed by atoms with Crippen LogP contribution in [0, 0.1) is 0 Å². The minimum atomic E-state index is -0.513. The maximum Gasteiger partial charge on any atom is 0.250 e. The number of allylic oxidation sites excluding steroid dienone is 1. The number of hydrogen-bond donors (Lipinski definition) is 2. The van der Waals surface area contributed by atoms with Gasteiger partial charge in [0.05, 0.1) is 0 Å². The predicted molar refractivity (Wildman–Crippen MR) is 54.8 cm³/mol. The van der Waals surface area contributed by atoms with Crippen LogP contribution in [0.3, 0.4) is 0 Å². The topological polar surface area (TPSA) is 64.3 Å². The highest BCUT2D eigenvalue weighted by Gasteiger charge is 2.19. The molecule has 2 atom stereocenters. The summed E-state index contributed by atoms with van der Waals surface area (Å²) in [6.07, 6.45) is 6.67. The van der Waals surface area contributed by atoms with Crippen molar-refractivity contribution >= 4 is 5.91 Å². The Labute approximate surface area is 84.5 Å². The van der Waals surface area contributed by atoms with E-state index >= 15 is 0 Å². The average Bonchev–Trinajstić information content (AvgIpc) is 2.21. The van der Waals surface area contributed by atoms with Gasteiger partial charge in [-0.2, -0.15) is 0 Å². The molecule has 1 aliphatic carbocycles. The zero-order chi connectivity index (χ0) is 10.4. The molecule has 4 heteroatoms. The molecule has 0 aromatic rings. The van der Waals surface area contributed by atoms with E-state index in [0.717, 1.165) is 19.3 Å². The van der Waals surface area contributed by atoms with Gasteiger partial charge in [-0.25, -0.2) is 0 Å². The van der Waals surface area contributed by atoms with Crippen molar-refractivity contribution in [3.8, 4) is 0 Å². The van der Waals surface area contributed by atoms with Crippen LogP contribution in [0.15, 0.2) is 12.2 Å². The molecule has 80 valence electrons. The van der Waals surface area contributed by atoms with E-state index in [1.807, 2.05) is 0 Å². The molecule has 0 saturated heterocycles. The fourth-order valence-corrected chi connectivity index (χ4v) is 1.53. The SMILES string of the molecule is COC(CN)C(=O)NC1CC=CCC1. The standard InChI is InChI=1S/C10H18N2O2/c1-14-9(7-11)10(13)12-8-5-3-2-4-6-8/h2-3,8-9H,4-7,11H2,1H3,(H,12,13). The van der Waals surface area contributed by atoms with Gasteiger partial charge in [0, 0.05) is 19.7 Å². The molecule has 1 rings (SSSR count). The van der Waals surface area contributed by atoms with Crippen molar-refractivity contribution < 1.29 is 9.53 Å². The summed E-state index contributed by atoms with van der Waals surface area (Å²) in [5.74, 6) is -0.102. The lowest BCUT2D eigenvalue weighted by Crippen LogP contribution is -2.45. The molecule has 0 bridgehead atoms. The first-order valence-corrected chi connectivity index (χ1v) is 4.96. The Kier molecular flexibility index (Phi) is 4.62. The van der Waals surface area contributed by atoms with Crippen LogP contribution in [0.4, 0.5) is 0 Å². The lowest BCUT2D eigenvalue weighted by molar-refractivity contribution is -0.131. The van der Waals surface area contributed by atoms with Crippen LogP contribution in [-0.2, 0) is 9.53 Å². The first-order chi connectivity index (χ1) is 6.77. The highest BCUT2D eigenvalue weighted by molar-refractivity contribution is 5.81. The smallest absolute Gasteiger partial charge is 0.250 e. The molecule has 2 unspecified atom stereocenters. The van der Waals surface area contributed by atoms with Gasteiger partial charge >= 0.3 is 0 Å². The number of nitrogens with two attached hydrogens (primary N) is 1. The number of rotatable bonds is 4. The van der Waals surface area contributed by atoms with Crippen LogP contribution in [0.1, 0.15) is 19.3 Å². The quantitative estimate of drug-likeness (QED) is 0.634. The first-order valence-electron chi connectivity index (χ1n) is 4.96. The van der Waals surface area contributed by atoms with E-state index in [-0.39, 0.29) is 18.5 Å². The third-order valence-corrected chi connectivity index (χ3v) is 2.41. The van der Waals surface area contributed by atoms with Gasteiger partial charge in [0.25, 0.3) is 5.91 Å². The number of ether oxygens (including phenoxy) is 1. The second-order valence-corrected chi connectivity index (χ2v) is 3.45. The lowest BCUT2D eigenvalue weighted by atomic mass is 10.0. The summed E-state index contributed by atoms with van der Waals surface area (Å²) in [6.45, 7) is 0.227.